The van der Waals surface area contributed by atoms with E-state index in [2.05, 4.69) is 15.8 Å². The number of nitrogens with one attached hydrogen (secondary N) is 2. The number of carbonyl (C=O) groups is 5. The van der Waals surface area contributed by atoms with Crippen molar-refractivity contribution in [2.45, 2.75) is 50.6 Å². The molecule has 12 heteroatoms. The molecule has 0 bridgehead atoms. The van der Waals surface area contributed by atoms with Crippen LogP contribution >= 0.6 is 0 Å². The predicted octanol–water partition coefficient (Wildman–Crippen LogP) is 1.53. The summed E-state index contributed by atoms with van der Waals surface area (Å²) in [5, 5.41) is 17.8. The fourth-order valence-electron chi connectivity index (χ4n) is 3.92. The SMILES string of the molecule is NC(=O)CC[C@H](NC(=O)CCc1cc(-c2ccc(-c3ccccc3)cc2)no1)C(=O)NC(CCC(=O)O)C(N)=O. The highest BCUT2D eigenvalue weighted by molar-refractivity contribution is 5.92. The minimum absolute atomic E-state index is 0.0554. The lowest BCUT2D eigenvalue weighted by atomic mass is 10.0. The van der Waals surface area contributed by atoms with Gasteiger partial charge in [-0.15, -0.1) is 0 Å². The van der Waals surface area contributed by atoms with Gasteiger partial charge >= 0.3 is 5.97 Å². The van der Waals surface area contributed by atoms with Crippen molar-refractivity contribution in [1.29, 1.82) is 0 Å². The number of carboxylic acid groups (broad SMARTS) is 1. The molecule has 0 spiro atoms. The second-order valence-corrected chi connectivity index (χ2v) is 9.14. The second-order valence-electron chi connectivity index (χ2n) is 9.14. The van der Waals surface area contributed by atoms with Crippen LogP contribution in [0.3, 0.4) is 0 Å². The van der Waals surface area contributed by atoms with Crippen LogP contribution in [0.4, 0.5) is 0 Å². The van der Waals surface area contributed by atoms with E-state index in [1.807, 2.05) is 54.6 Å². The van der Waals surface area contributed by atoms with Crippen molar-refractivity contribution >= 4 is 29.6 Å². The number of nitrogens with zero attached hydrogens (tertiary/aromatic N) is 1. The third-order valence-corrected chi connectivity index (χ3v) is 6.08. The van der Waals surface area contributed by atoms with Gasteiger partial charge in [0.2, 0.25) is 23.6 Å². The van der Waals surface area contributed by atoms with Crippen LogP contribution in [0.15, 0.2) is 65.2 Å². The molecule has 1 aromatic heterocycles. The fourth-order valence-corrected chi connectivity index (χ4v) is 3.92. The molecule has 0 saturated heterocycles. The zero-order chi connectivity index (χ0) is 29.1. The molecular weight excluding hydrogens is 518 g/mol. The number of aryl methyl sites for hydroxylation is 1. The van der Waals surface area contributed by atoms with Gasteiger partial charge in [-0.2, -0.15) is 0 Å². The maximum atomic E-state index is 12.7. The highest BCUT2D eigenvalue weighted by Crippen LogP contribution is 2.25. The molecule has 0 saturated carbocycles. The summed E-state index contributed by atoms with van der Waals surface area (Å²) in [6.07, 6.45) is -0.821. The topological polar surface area (TPSA) is 208 Å². The highest BCUT2D eigenvalue weighted by Gasteiger charge is 2.26. The third-order valence-electron chi connectivity index (χ3n) is 6.08. The van der Waals surface area contributed by atoms with Crippen LogP contribution in [0.2, 0.25) is 0 Å². The Bertz CT molecular complexity index is 1340. The number of carboxylic acids is 1. The van der Waals surface area contributed by atoms with E-state index in [0.29, 0.717) is 11.5 Å². The number of hydrogen-bond acceptors (Lipinski definition) is 7. The van der Waals surface area contributed by atoms with E-state index >= 15 is 0 Å². The number of nitrogens with two attached hydrogens (primary N) is 2. The van der Waals surface area contributed by atoms with Crippen LogP contribution in [0.5, 0.6) is 0 Å². The zero-order valence-corrected chi connectivity index (χ0v) is 21.7. The first kappa shape index (κ1) is 29.6. The molecule has 4 amide bonds. The van der Waals surface area contributed by atoms with Crippen molar-refractivity contribution in [3.8, 4) is 22.4 Å². The second kappa shape index (κ2) is 14.2. The third kappa shape index (κ3) is 9.08. The van der Waals surface area contributed by atoms with Crippen molar-refractivity contribution in [1.82, 2.24) is 15.8 Å². The number of primary amides is 2. The molecule has 2 aromatic carbocycles. The molecule has 1 unspecified atom stereocenters. The van der Waals surface area contributed by atoms with Gasteiger partial charge in [0, 0.05) is 37.3 Å². The average Bonchev–Trinajstić information content (AvgIpc) is 3.41. The van der Waals surface area contributed by atoms with E-state index in [1.54, 1.807) is 6.07 Å². The quantitative estimate of drug-likeness (QED) is 0.187. The molecule has 1 heterocycles. The van der Waals surface area contributed by atoms with Crippen LogP contribution in [0, 0.1) is 0 Å². The van der Waals surface area contributed by atoms with E-state index in [0.717, 1.165) is 16.7 Å². The number of hydrogen-bond donors (Lipinski definition) is 5. The van der Waals surface area contributed by atoms with E-state index < -0.39 is 48.1 Å². The zero-order valence-electron chi connectivity index (χ0n) is 21.7. The van der Waals surface area contributed by atoms with Gasteiger partial charge in [-0.25, -0.2) is 0 Å². The van der Waals surface area contributed by atoms with E-state index in [1.165, 1.54) is 0 Å². The number of benzene rings is 2. The molecule has 0 aliphatic rings. The summed E-state index contributed by atoms with van der Waals surface area (Å²) in [7, 11) is 0. The van der Waals surface area contributed by atoms with Crippen LogP contribution < -0.4 is 22.1 Å². The number of aliphatic carboxylic acids is 1. The number of amides is 4. The van der Waals surface area contributed by atoms with Gasteiger partial charge in [-0.1, -0.05) is 59.8 Å². The summed E-state index contributed by atoms with van der Waals surface area (Å²) in [6, 6.07) is 17.0. The lowest BCUT2D eigenvalue weighted by molar-refractivity contribution is -0.138. The monoisotopic (exact) mass is 549 g/mol. The Morgan fingerprint density at radius 3 is 2.05 bits per heavy atom. The summed E-state index contributed by atoms with van der Waals surface area (Å²) in [4.78, 5) is 59.1. The smallest absolute Gasteiger partial charge is 0.303 e. The molecule has 2 atom stereocenters. The Morgan fingerprint density at radius 1 is 0.800 bits per heavy atom. The standard InChI is InChI=1S/C28H31N5O7/c29-24(34)13-11-22(28(39)32-21(27(30)38)12-15-26(36)37)31-25(35)14-10-20-16-23(33-40-20)19-8-6-18(7-9-19)17-4-2-1-3-5-17/h1-9,16,21-22H,10-15H2,(H2,29,34)(H2,30,38)(H,31,35)(H,32,39)(H,36,37)/t21?,22-/m0/s1. The van der Waals surface area contributed by atoms with Crippen molar-refractivity contribution in [2.24, 2.45) is 11.5 Å². The predicted molar refractivity (Wildman–Crippen MR) is 144 cm³/mol. The molecule has 3 rings (SSSR count). The molecular formula is C28H31N5O7. The Morgan fingerprint density at radius 2 is 1.43 bits per heavy atom. The van der Waals surface area contributed by atoms with Crippen LogP contribution in [0.25, 0.3) is 22.4 Å². The van der Waals surface area contributed by atoms with E-state index in [-0.39, 0.29) is 32.1 Å². The first-order valence-corrected chi connectivity index (χ1v) is 12.6. The highest BCUT2D eigenvalue weighted by atomic mass is 16.5. The summed E-state index contributed by atoms with van der Waals surface area (Å²) in [6.45, 7) is 0. The van der Waals surface area contributed by atoms with Crippen molar-refractivity contribution < 1.29 is 33.6 Å². The first-order chi connectivity index (χ1) is 19.1. The van der Waals surface area contributed by atoms with Crippen molar-refractivity contribution in [3.05, 3.63) is 66.4 Å². The molecule has 0 aliphatic heterocycles. The van der Waals surface area contributed by atoms with Gasteiger partial charge in [0.25, 0.3) is 0 Å². The Kier molecular flexibility index (Phi) is 10.5. The molecule has 3 aromatic rings. The first-order valence-electron chi connectivity index (χ1n) is 12.6. The van der Waals surface area contributed by atoms with Crippen molar-refractivity contribution in [2.75, 3.05) is 0 Å². The number of rotatable bonds is 15. The lowest BCUT2D eigenvalue weighted by Crippen LogP contribution is -2.53. The van der Waals surface area contributed by atoms with Gasteiger partial charge in [0.1, 0.15) is 23.5 Å². The largest absolute Gasteiger partial charge is 0.481 e. The lowest BCUT2D eigenvalue weighted by Gasteiger charge is -2.21. The van der Waals surface area contributed by atoms with Gasteiger partial charge in [-0.3, -0.25) is 24.0 Å². The minimum Gasteiger partial charge on any atom is -0.481 e. The molecule has 0 fully saturated rings. The Labute approximate surface area is 230 Å². The van der Waals surface area contributed by atoms with Crippen molar-refractivity contribution in [3.63, 3.8) is 0 Å². The van der Waals surface area contributed by atoms with Gasteiger partial charge in [0.15, 0.2) is 0 Å². The van der Waals surface area contributed by atoms with Crippen LogP contribution in [-0.4, -0.2) is 51.9 Å². The van der Waals surface area contributed by atoms with Crippen LogP contribution in [0.1, 0.15) is 37.9 Å². The summed E-state index contributed by atoms with van der Waals surface area (Å²) in [5.74, 6) is -3.63. The molecule has 0 aliphatic carbocycles. The maximum absolute atomic E-state index is 12.7. The minimum atomic E-state index is -1.26. The Hall–Kier alpha value is -5.00. The normalized spacial score (nSPS) is 12.2. The average molecular weight is 550 g/mol. The number of carbonyl (C=O) groups excluding carboxylic acids is 4. The van der Waals surface area contributed by atoms with Gasteiger partial charge in [0.05, 0.1) is 0 Å². The van der Waals surface area contributed by atoms with Crippen LogP contribution in [-0.2, 0) is 30.4 Å². The summed E-state index contributed by atoms with van der Waals surface area (Å²) >= 11 is 0. The van der Waals surface area contributed by atoms with E-state index in [9.17, 15) is 24.0 Å². The van der Waals surface area contributed by atoms with Gasteiger partial charge < -0.3 is 31.7 Å². The Balaban J connectivity index is 1.58. The molecule has 0 radical (unpaired) electrons. The number of aromatic nitrogens is 1. The van der Waals surface area contributed by atoms with Gasteiger partial charge in [-0.05, 0) is 24.0 Å². The summed E-state index contributed by atoms with van der Waals surface area (Å²) in [5.41, 5.74) is 14.0. The molecule has 40 heavy (non-hydrogen) atoms. The molecule has 12 nitrogen and oxygen atoms in total. The molecule has 7 N–H and O–H groups in total. The maximum Gasteiger partial charge on any atom is 0.303 e. The molecule has 210 valence electrons. The summed E-state index contributed by atoms with van der Waals surface area (Å²) < 4.78 is 5.37. The van der Waals surface area contributed by atoms with E-state index in [4.69, 9.17) is 21.1 Å². The fraction of sp³-hybridized carbons (Fsp3) is 0.286.